The van der Waals surface area contributed by atoms with Crippen LogP contribution < -0.4 is 15.0 Å². The number of aromatic amines is 1. The first-order chi connectivity index (χ1) is 14.0. The van der Waals surface area contributed by atoms with Gasteiger partial charge in [0.1, 0.15) is 22.6 Å². The van der Waals surface area contributed by atoms with Gasteiger partial charge in [-0.05, 0) is 44.9 Å². The normalized spacial score (nSPS) is 15.7. The third kappa shape index (κ3) is 3.78. The summed E-state index contributed by atoms with van der Waals surface area (Å²) in [6.45, 7) is 4.22. The Morgan fingerprint density at radius 2 is 2.10 bits per heavy atom. The summed E-state index contributed by atoms with van der Waals surface area (Å²) in [6, 6.07) is 5.36. The van der Waals surface area contributed by atoms with Crippen molar-refractivity contribution >= 4 is 22.2 Å². The smallest absolute Gasteiger partial charge is 0.277 e. The highest BCUT2D eigenvalue weighted by Crippen LogP contribution is 2.35. The van der Waals surface area contributed by atoms with Crippen LogP contribution in [0.15, 0.2) is 23.0 Å². The van der Waals surface area contributed by atoms with Crippen LogP contribution in [0.3, 0.4) is 0 Å². The molecule has 2 heterocycles. The Hall–Kier alpha value is -2.68. The SMILES string of the molecule is CCOc1ccc(NS(C)=O)cc1-c1nn2c(C3CCCC3)nc(C)c2c(=O)[nH]1. The van der Waals surface area contributed by atoms with Gasteiger partial charge < -0.3 is 14.4 Å². The number of hydrogen-bond acceptors (Lipinski definition) is 5. The maximum atomic E-state index is 12.9. The molecule has 0 radical (unpaired) electrons. The van der Waals surface area contributed by atoms with Crippen molar-refractivity contribution in [3.63, 3.8) is 0 Å². The Morgan fingerprint density at radius 3 is 2.79 bits per heavy atom. The highest BCUT2D eigenvalue weighted by Gasteiger charge is 2.25. The van der Waals surface area contributed by atoms with Gasteiger partial charge in [0.25, 0.3) is 5.56 Å². The molecule has 9 heteroatoms. The van der Waals surface area contributed by atoms with Crippen LogP contribution in [-0.2, 0) is 11.0 Å². The number of imidazole rings is 1. The van der Waals surface area contributed by atoms with E-state index in [0.29, 0.717) is 46.6 Å². The minimum absolute atomic E-state index is 0.232. The third-order valence-electron chi connectivity index (χ3n) is 5.22. The van der Waals surface area contributed by atoms with Gasteiger partial charge in [-0.25, -0.2) is 13.7 Å². The van der Waals surface area contributed by atoms with Gasteiger partial charge in [-0.2, -0.15) is 0 Å². The quantitative estimate of drug-likeness (QED) is 0.644. The molecule has 0 spiro atoms. The van der Waals surface area contributed by atoms with Crippen molar-refractivity contribution in [1.29, 1.82) is 0 Å². The molecular weight excluding hydrogens is 390 g/mol. The lowest BCUT2D eigenvalue weighted by Gasteiger charge is -2.13. The average molecular weight is 416 g/mol. The topological polar surface area (TPSA) is 101 Å². The van der Waals surface area contributed by atoms with Gasteiger partial charge in [0.2, 0.25) is 0 Å². The molecule has 29 heavy (non-hydrogen) atoms. The number of nitrogens with zero attached hydrogens (tertiary/aromatic N) is 3. The minimum atomic E-state index is -1.22. The lowest BCUT2D eigenvalue weighted by Crippen LogP contribution is -2.16. The number of aromatic nitrogens is 4. The number of aryl methyl sites for hydroxylation is 1. The van der Waals surface area contributed by atoms with Gasteiger partial charge in [0, 0.05) is 17.9 Å². The molecule has 2 N–H and O–H groups in total. The van der Waals surface area contributed by atoms with Gasteiger partial charge >= 0.3 is 0 Å². The van der Waals surface area contributed by atoms with Crippen LogP contribution in [0.2, 0.25) is 0 Å². The van der Waals surface area contributed by atoms with E-state index in [1.54, 1.807) is 29.0 Å². The largest absolute Gasteiger partial charge is 0.493 e. The highest BCUT2D eigenvalue weighted by molar-refractivity contribution is 7.85. The van der Waals surface area contributed by atoms with Crippen LogP contribution in [0.5, 0.6) is 5.75 Å². The van der Waals surface area contributed by atoms with E-state index in [-0.39, 0.29) is 5.56 Å². The second-order valence-corrected chi connectivity index (χ2v) is 8.41. The summed E-state index contributed by atoms with van der Waals surface area (Å²) in [4.78, 5) is 20.5. The molecule has 1 unspecified atom stereocenters. The van der Waals surface area contributed by atoms with Crippen molar-refractivity contribution in [2.24, 2.45) is 0 Å². The summed E-state index contributed by atoms with van der Waals surface area (Å²) in [6.07, 6.45) is 6.03. The number of hydrogen-bond donors (Lipinski definition) is 2. The fourth-order valence-corrected chi connectivity index (χ4v) is 4.45. The number of fused-ring (bicyclic) bond motifs is 1. The maximum absolute atomic E-state index is 12.9. The van der Waals surface area contributed by atoms with Crippen molar-refractivity contribution in [3.05, 3.63) is 40.1 Å². The molecular formula is C20H25N5O3S. The summed E-state index contributed by atoms with van der Waals surface area (Å²) >= 11 is 0. The molecule has 154 valence electrons. The van der Waals surface area contributed by atoms with Gasteiger partial charge in [-0.15, -0.1) is 5.10 Å². The van der Waals surface area contributed by atoms with Crippen LogP contribution in [-0.4, -0.2) is 36.7 Å². The van der Waals surface area contributed by atoms with E-state index in [2.05, 4.69) is 14.7 Å². The predicted octanol–water partition coefficient (Wildman–Crippen LogP) is 3.15. The molecule has 0 amide bonds. The number of ether oxygens (including phenoxy) is 1. The summed E-state index contributed by atoms with van der Waals surface area (Å²) in [7, 11) is -1.22. The fraction of sp³-hybridized carbons (Fsp3) is 0.450. The molecule has 1 aliphatic rings. The Balaban J connectivity index is 1.90. The fourth-order valence-electron chi connectivity index (χ4n) is 3.99. The lowest BCUT2D eigenvalue weighted by atomic mass is 10.1. The van der Waals surface area contributed by atoms with Gasteiger partial charge in [-0.3, -0.25) is 4.79 Å². The third-order valence-corrected chi connectivity index (χ3v) is 5.74. The Morgan fingerprint density at radius 1 is 1.34 bits per heavy atom. The van der Waals surface area contributed by atoms with Gasteiger partial charge in [-0.1, -0.05) is 12.8 Å². The van der Waals surface area contributed by atoms with Crippen LogP contribution in [0.25, 0.3) is 16.9 Å². The van der Waals surface area contributed by atoms with E-state index >= 15 is 0 Å². The van der Waals surface area contributed by atoms with E-state index in [1.165, 1.54) is 12.8 Å². The zero-order chi connectivity index (χ0) is 20.5. The van der Waals surface area contributed by atoms with Gasteiger partial charge in [0.15, 0.2) is 11.3 Å². The van der Waals surface area contributed by atoms with Crippen molar-refractivity contribution in [2.45, 2.75) is 45.4 Å². The van der Waals surface area contributed by atoms with E-state index in [9.17, 15) is 9.00 Å². The monoisotopic (exact) mass is 415 g/mol. The minimum Gasteiger partial charge on any atom is -0.493 e. The molecule has 0 aliphatic heterocycles. The zero-order valence-corrected chi connectivity index (χ0v) is 17.6. The van der Waals surface area contributed by atoms with Crippen molar-refractivity contribution in [3.8, 4) is 17.1 Å². The summed E-state index contributed by atoms with van der Waals surface area (Å²) in [5.74, 6) is 2.17. The molecule has 8 nitrogen and oxygen atoms in total. The Kier molecular flexibility index (Phi) is 5.40. The molecule has 3 aromatic rings. The average Bonchev–Trinajstić information content (AvgIpc) is 3.31. The van der Waals surface area contributed by atoms with Gasteiger partial charge in [0.05, 0.1) is 17.9 Å². The van der Waals surface area contributed by atoms with Crippen LogP contribution >= 0.6 is 0 Å². The molecule has 1 saturated carbocycles. The molecule has 2 aromatic heterocycles. The predicted molar refractivity (Wildman–Crippen MR) is 114 cm³/mol. The maximum Gasteiger partial charge on any atom is 0.277 e. The van der Waals surface area contributed by atoms with Crippen LogP contribution in [0.1, 0.15) is 50.0 Å². The number of benzene rings is 1. The van der Waals surface area contributed by atoms with E-state index in [4.69, 9.17) is 9.84 Å². The summed E-state index contributed by atoms with van der Waals surface area (Å²) in [5.41, 5.74) is 2.23. The first-order valence-corrected chi connectivity index (χ1v) is 11.4. The standard InChI is InChI=1S/C20H25N5O3S/c1-4-28-16-10-9-14(24-29(3)27)11-15(16)18-22-20(26)17-12(2)21-19(25(17)23-18)13-7-5-6-8-13/h9-11,13,24H,4-8H2,1-3H3,(H,22,23,26). The number of nitrogens with one attached hydrogen (secondary N) is 2. The van der Waals surface area contributed by atoms with Crippen molar-refractivity contribution in [1.82, 2.24) is 19.6 Å². The molecule has 4 rings (SSSR count). The van der Waals surface area contributed by atoms with Crippen molar-refractivity contribution < 1.29 is 8.95 Å². The molecule has 1 atom stereocenters. The Labute approximate surface area is 171 Å². The van der Waals surface area contributed by atoms with Crippen LogP contribution in [0.4, 0.5) is 5.69 Å². The number of rotatable bonds is 6. The second-order valence-electron chi connectivity index (χ2n) is 7.30. The second kappa shape index (κ2) is 7.98. The molecule has 1 fully saturated rings. The van der Waals surface area contributed by atoms with Crippen molar-refractivity contribution in [2.75, 3.05) is 17.6 Å². The molecule has 0 saturated heterocycles. The number of anilines is 1. The molecule has 1 aromatic carbocycles. The van der Waals surface area contributed by atoms with E-state index < -0.39 is 11.0 Å². The van der Waals surface area contributed by atoms with Crippen LogP contribution in [0, 0.1) is 6.92 Å². The first kappa shape index (κ1) is 19.6. The zero-order valence-electron chi connectivity index (χ0n) is 16.8. The van der Waals surface area contributed by atoms with E-state index in [0.717, 1.165) is 18.7 Å². The highest BCUT2D eigenvalue weighted by atomic mass is 32.2. The Bertz CT molecular complexity index is 1130. The summed E-state index contributed by atoms with van der Waals surface area (Å²) in [5, 5.41) is 4.75. The molecule has 1 aliphatic carbocycles. The summed E-state index contributed by atoms with van der Waals surface area (Å²) < 4.78 is 21.9. The van der Waals surface area contributed by atoms with E-state index in [1.807, 2.05) is 13.8 Å². The molecule has 0 bridgehead atoms. The first-order valence-electron chi connectivity index (χ1n) is 9.84. The lowest BCUT2D eigenvalue weighted by molar-refractivity contribution is 0.341. The number of H-pyrrole nitrogens is 1.